The van der Waals surface area contributed by atoms with E-state index in [2.05, 4.69) is 9.97 Å². The molecule has 1 aromatic heterocycles. The maximum atomic E-state index is 13.9. The molecule has 0 amide bonds. The molecule has 0 aliphatic rings. The number of aromatic amines is 1. The first-order valence-corrected chi connectivity index (χ1v) is 5.95. The summed E-state index contributed by atoms with van der Waals surface area (Å²) in [5.41, 5.74) is 2.04. The number of rotatable bonds is 1. The minimum absolute atomic E-state index is 0.184. The van der Waals surface area contributed by atoms with E-state index in [-0.39, 0.29) is 11.4 Å². The summed E-state index contributed by atoms with van der Waals surface area (Å²) in [5.74, 6) is -1.01. The molecule has 3 nitrogen and oxygen atoms in total. The Morgan fingerprint density at radius 1 is 1.20 bits per heavy atom. The third-order valence-electron chi connectivity index (χ3n) is 3.14. The molecule has 0 unspecified atom stereocenters. The molecule has 3 aromatic rings. The Labute approximate surface area is 113 Å². The monoisotopic (exact) mass is 269 g/mol. The molecule has 0 saturated heterocycles. The number of benzene rings is 2. The van der Waals surface area contributed by atoms with Crippen molar-refractivity contribution in [1.82, 2.24) is 9.97 Å². The molecular formula is C15H9F2N3. The number of hydrogen-bond acceptors (Lipinski definition) is 2. The van der Waals surface area contributed by atoms with Gasteiger partial charge >= 0.3 is 0 Å². The van der Waals surface area contributed by atoms with Crippen LogP contribution < -0.4 is 0 Å². The second-order valence-corrected chi connectivity index (χ2v) is 4.48. The summed E-state index contributed by atoms with van der Waals surface area (Å²) in [4.78, 5) is 7.19. The lowest BCUT2D eigenvalue weighted by Crippen LogP contribution is -1.91. The average molecular weight is 269 g/mol. The van der Waals surface area contributed by atoms with Gasteiger partial charge < -0.3 is 4.98 Å². The molecule has 0 atom stereocenters. The summed E-state index contributed by atoms with van der Waals surface area (Å²) in [7, 11) is 0. The number of aryl methyl sites for hydroxylation is 1. The van der Waals surface area contributed by atoms with E-state index in [4.69, 9.17) is 5.26 Å². The number of nitriles is 1. The average Bonchev–Trinajstić information content (AvgIpc) is 2.86. The van der Waals surface area contributed by atoms with Crippen molar-refractivity contribution in [1.29, 1.82) is 5.26 Å². The highest BCUT2D eigenvalue weighted by Crippen LogP contribution is 2.26. The van der Waals surface area contributed by atoms with E-state index in [1.165, 1.54) is 6.07 Å². The molecule has 0 bridgehead atoms. The van der Waals surface area contributed by atoms with Crippen LogP contribution >= 0.6 is 0 Å². The van der Waals surface area contributed by atoms with Crippen molar-refractivity contribution in [3.8, 4) is 17.5 Å². The highest BCUT2D eigenvalue weighted by molar-refractivity contribution is 5.84. The maximum absolute atomic E-state index is 13.9. The van der Waals surface area contributed by atoms with Crippen LogP contribution in [-0.2, 0) is 0 Å². The molecule has 3 rings (SSSR count). The number of nitrogens with zero attached hydrogens (tertiary/aromatic N) is 2. The summed E-state index contributed by atoms with van der Waals surface area (Å²) < 4.78 is 27.1. The lowest BCUT2D eigenvalue weighted by atomic mass is 10.1. The van der Waals surface area contributed by atoms with E-state index in [1.54, 1.807) is 25.1 Å². The summed E-state index contributed by atoms with van der Waals surface area (Å²) in [6.07, 6.45) is 0. The van der Waals surface area contributed by atoms with Crippen LogP contribution in [0.1, 0.15) is 11.1 Å². The predicted molar refractivity (Wildman–Crippen MR) is 70.9 cm³/mol. The second-order valence-electron chi connectivity index (χ2n) is 4.48. The number of imidazole rings is 1. The summed E-state index contributed by atoms with van der Waals surface area (Å²) in [6, 6.07) is 9.37. The van der Waals surface area contributed by atoms with Gasteiger partial charge in [0.15, 0.2) is 0 Å². The lowest BCUT2D eigenvalue weighted by Gasteiger charge is -2.02. The summed E-state index contributed by atoms with van der Waals surface area (Å²) in [6.45, 7) is 1.56. The SMILES string of the molecule is Cc1cc(-c2nc3c(C#N)cccc3[nH]2)c(F)cc1F. The van der Waals surface area contributed by atoms with Gasteiger partial charge in [0.2, 0.25) is 0 Å². The van der Waals surface area contributed by atoms with E-state index in [9.17, 15) is 8.78 Å². The fourth-order valence-corrected chi connectivity index (χ4v) is 2.09. The van der Waals surface area contributed by atoms with Crippen LogP contribution in [0.15, 0.2) is 30.3 Å². The highest BCUT2D eigenvalue weighted by atomic mass is 19.1. The van der Waals surface area contributed by atoms with Crippen LogP contribution in [0.5, 0.6) is 0 Å². The van der Waals surface area contributed by atoms with Gasteiger partial charge in [-0.25, -0.2) is 13.8 Å². The third-order valence-corrected chi connectivity index (χ3v) is 3.14. The zero-order valence-electron chi connectivity index (χ0n) is 10.5. The van der Waals surface area contributed by atoms with Crippen molar-refractivity contribution in [3.05, 3.63) is 53.1 Å². The molecular weight excluding hydrogens is 260 g/mol. The van der Waals surface area contributed by atoms with Crippen LogP contribution in [0.25, 0.3) is 22.4 Å². The second kappa shape index (κ2) is 4.42. The number of nitrogens with one attached hydrogen (secondary N) is 1. The third kappa shape index (κ3) is 1.82. The molecule has 0 radical (unpaired) electrons. The highest BCUT2D eigenvalue weighted by Gasteiger charge is 2.14. The number of halogens is 2. The normalized spacial score (nSPS) is 10.7. The van der Waals surface area contributed by atoms with E-state index < -0.39 is 11.6 Å². The Bertz CT molecular complexity index is 859. The van der Waals surface area contributed by atoms with Crippen molar-refractivity contribution in [3.63, 3.8) is 0 Å². The molecule has 0 spiro atoms. The van der Waals surface area contributed by atoms with Gasteiger partial charge in [-0.3, -0.25) is 0 Å². The van der Waals surface area contributed by atoms with Crippen molar-refractivity contribution in [2.45, 2.75) is 6.92 Å². The Morgan fingerprint density at radius 3 is 2.75 bits per heavy atom. The zero-order chi connectivity index (χ0) is 14.3. The summed E-state index contributed by atoms with van der Waals surface area (Å²) in [5, 5.41) is 9.02. The number of hydrogen-bond donors (Lipinski definition) is 1. The fraction of sp³-hybridized carbons (Fsp3) is 0.0667. The van der Waals surface area contributed by atoms with Crippen molar-refractivity contribution in [2.75, 3.05) is 0 Å². The Hall–Kier alpha value is -2.74. The quantitative estimate of drug-likeness (QED) is 0.732. The Kier molecular flexibility index (Phi) is 2.72. The molecule has 1 heterocycles. The molecule has 0 aliphatic heterocycles. The van der Waals surface area contributed by atoms with Crippen molar-refractivity contribution >= 4 is 11.0 Å². The van der Waals surface area contributed by atoms with Gasteiger partial charge in [0.05, 0.1) is 16.6 Å². The van der Waals surface area contributed by atoms with Crippen LogP contribution in [0, 0.1) is 29.9 Å². The van der Waals surface area contributed by atoms with E-state index in [1.807, 2.05) is 6.07 Å². The molecule has 98 valence electrons. The van der Waals surface area contributed by atoms with Gasteiger partial charge in [-0.05, 0) is 30.7 Å². The summed E-state index contributed by atoms with van der Waals surface area (Å²) >= 11 is 0. The molecule has 20 heavy (non-hydrogen) atoms. The van der Waals surface area contributed by atoms with Gasteiger partial charge in [-0.2, -0.15) is 5.26 Å². The molecule has 0 saturated carbocycles. The van der Waals surface area contributed by atoms with Crippen molar-refractivity contribution in [2.24, 2.45) is 0 Å². The van der Waals surface area contributed by atoms with E-state index >= 15 is 0 Å². The number of aromatic nitrogens is 2. The maximum Gasteiger partial charge on any atom is 0.141 e. The van der Waals surface area contributed by atoms with Crippen molar-refractivity contribution < 1.29 is 8.78 Å². The minimum Gasteiger partial charge on any atom is -0.338 e. The van der Waals surface area contributed by atoms with Gasteiger partial charge in [-0.1, -0.05) is 6.07 Å². The van der Waals surface area contributed by atoms with Gasteiger partial charge in [0, 0.05) is 6.07 Å². The standard InChI is InChI=1S/C15H9F2N3/c1-8-5-10(12(17)6-11(8)16)15-19-13-4-2-3-9(7-18)14(13)20-15/h2-6H,1H3,(H,19,20). The minimum atomic E-state index is -0.689. The first kappa shape index (κ1) is 12.3. The first-order valence-electron chi connectivity index (χ1n) is 5.95. The van der Waals surface area contributed by atoms with Crippen LogP contribution in [0.2, 0.25) is 0 Å². The largest absolute Gasteiger partial charge is 0.338 e. The predicted octanol–water partition coefficient (Wildman–Crippen LogP) is 3.69. The van der Waals surface area contributed by atoms with Gasteiger partial charge in [-0.15, -0.1) is 0 Å². The lowest BCUT2D eigenvalue weighted by molar-refractivity contribution is 0.579. The Morgan fingerprint density at radius 2 is 2.00 bits per heavy atom. The van der Waals surface area contributed by atoms with Gasteiger partial charge in [0.25, 0.3) is 0 Å². The zero-order valence-corrected chi connectivity index (χ0v) is 10.5. The van der Waals surface area contributed by atoms with E-state index in [0.29, 0.717) is 22.2 Å². The van der Waals surface area contributed by atoms with Crippen LogP contribution in [0.3, 0.4) is 0 Å². The number of fused-ring (bicyclic) bond motifs is 1. The van der Waals surface area contributed by atoms with E-state index in [0.717, 1.165) is 6.07 Å². The Balaban J connectivity index is 2.26. The molecule has 5 heteroatoms. The van der Waals surface area contributed by atoms with Crippen LogP contribution in [0.4, 0.5) is 8.78 Å². The molecule has 1 N–H and O–H groups in total. The molecule has 0 fully saturated rings. The molecule has 2 aromatic carbocycles. The van der Waals surface area contributed by atoms with Gasteiger partial charge in [0.1, 0.15) is 29.0 Å². The fourth-order valence-electron chi connectivity index (χ4n) is 2.09. The first-order chi connectivity index (χ1) is 9.60. The molecule has 0 aliphatic carbocycles. The number of para-hydroxylation sites is 1. The number of H-pyrrole nitrogens is 1. The smallest absolute Gasteiger partial charge is 0.141 e. The van der Waals surface area contributed by atoms with Crippen LogP contribution in [-0.4, -0.2) is 9.97 Å². The topological polar surface area (TPSA) is 52.5 Å².